The largest absolute Gasteiger partial charge is 0.507 e. The Hall–Kier alpha value is -0.980. The molecule has 1 rings (SSSR count). The molecule has 1 aromatic rings. The minimum absolute atomic E-state index is 0.617. The van der Waals surface area contributed by atoms with Crippen LogP contribution in [0.15, 0.2) is 0 Å². The highest BCUT2D eigenvalue weighted by atomic mass is 16.3. The Morgan fingerprint density at radius 2 is 1.00 bits per heavy atom. The maximum Gasteiger partial charge on any atom is 0.122 e. The van der Waals surface area contributed by atoms with E-state index in [0.29, 0.717) is 5.75 Å². The topological polar surface area (TPSA) is 20.2 Å². The van der Waals surface area contributed by atoms with Gasteiger partial charge < -0.3 is 5.11 Å². The number of hydrogen-bond acceptors (Lipinski definition) is 1. The maximum atomic E-state index is 10.8. The van der Waals surface area contributed by atoms with Gasteiger partial charge in [-0.05, 0) is 72.8 Å². The normalized spacial score (nSPS) is 11.1. The van der Waals surface area contributed by atoms with E-state index in [1.54, 1.807) is 0 Å². The van der Waals surface area contributed by atoms with E-state index in [9.17, 15) is 5.11 Å². The molecule has 0 heterocycles. The van der Waals surface area contributed by atoms with Crippen LogP contribution in [0.3, 0.4) is 0 Å². The van der Waals surface area contributed by atoms with Gasteiger partial charge in [-0.1, -0.05) is 47.5 Å². The molecule has 0 atom stereocenters. The van der Waals surface area contributed by atoms with Crippen LogP contribution in [0.25, 0.3) is 0 Å². The fourth-order valence-corrected chi connectivity index (χ4v) is 3.53. The van der Waals surface area contributed by atoms with Gasteiger partial charge in [-0.15, -0.1) is 0 Å². The Morgan fingerprint density at radius 3 is 1.43 bits per heavy atom. The molecule has 0 saturated heterocycles. The summed E-state index contributed by atoms with van der Waals surface area (Å²) in [6.45, 7) is 11.1. The highest BCUT2D eigenvalue weighted by molar-refractivity contribution is 5.55. The van der Waals surface area contributed by atoms with E-state index in [4.69, 9.17) is 0 Å². The standard InChI is InChI=1S/C20H34O/c1-6-11-13-18-16(9-4)15(8-3)17(10-5)20(21)19(18)14-12-7-2/h21H,6-14H2,1-5H3. The number of hydrogen-bond donors (Lipinski definition) is 1. The lowest BCUT2D eigenvalue weighted by Gasteiger charge is -2.23. The first-order valence-electron chi connectivity index (χ1n) is 9.03. The summed E-state index contributed by atoms with van der Waals surface area (Å²) in [6.07, 6.45) is 10.0. The van der Waals surface area contributed by atoms with E-state index in [1.165, 1.54) is 53.5 Å². The van der Waals surface area contributed by atoms with Crippen molar-refractivity contribution in [3.8, 4) is 5.75 Å². The van der Waals surface area contributed by atoms with Crippen LogP contribution in [0, 0.1) is 0 Å². The van der Waals surface area contributed by atoms with Crippen molar-refractivity contribution in [2.45, 2.75) is 92.4 Å². The summed E-state index contributed by atoms with van der Waals surface area (Å²) in [6, 6.07) is 0. The zero-order valence-electron chi connectivity index (χ0n) is 14.8. The molecule has 0 radical (unpaired) electrons. The number of unbranched alkanes of at least 4 members (excludes halogenated alkanes) is 2. The Balaban J connectivity index is 3.48. The smallest absolute Gasteiger partial charge is 0.122 e. The molecule has 1 nitrogen and oxygen atoms in total. The fraction of sp³-hybridized carbons (Fsp3) is 0.700. The highest BCUT2D eigenvalue weighted by Crippen LogP contribution is 2.36. The number of benzene rings is 1. The van der Waals surface area contributed by atoms with Crippen molar-refractivity contribution < 1.29 is 5.11 Å². The molecule has 0 amide bonds. The van der Waals surface area contributed by atoms with Gasteiger partial charge in [0.05, 0.1) is 0 Å². The van der Waals surface area contributed by atoms with Crippen molar-refractivity contribution in [2.75, 3.05) is 0 Å². The molecule has 0 aliphatic heterocycles. The van der Waals surface area contributed by atoms with Crippen LogP contribution in [-0.4, -0.2) is 5.11 Å². The van der Waals surface area contributed by atoms with Crippen molar-refractivity contribution >= 4 is 0 Å². The molecule has 0 aliphatic carbocycles. The second kappa shape index (κ2) is 9.12. The molecule has 0 saturated carbocycles. The van der Waals surface area contributed by atoms with Gasteiger partial charge in [0.2, 0.25) is 0 Å². The molecule has 1 aromatic carbocycles. The average Bonchev–Trinajstić information content (AvgIpc) is 2.50. The molecule has 21 heavy (non-hydrogen) atoms. The molecule has 0 aromatic heterocycles. The van der Waals surface area contributed by atoms with Gasteiger partial charge in [0.15, 0.2) is 0 Å². The minimum Gasteiger partial charge on any atom is -0.507 e. The van der Waals surface area contributed by atoms with Crippen LogP contribution >= 0.6 is 0 Å². The lowest BCUT2D eigenvalue weighted by molar-refractivity contribution is 0.457. The zero-order valence-corrected chi connectivity index (χ0v) is 14.8. The van der Waals surface area contributed by atoms with Gasteiger partial charge >= 0.3 is 0 Å². The van der Waals surface area contributed by atoms with E-state index >= 15 is 0 Å². The maximum absolute atomic E-state index is 10.8. The van der Waals surface area contributed by atoms with E-state index in [-0.39, 0.29) is 0 Å². The van der Waals surface area contributed by atoms with E-state index in [1.807, 2.05) is 0 Å². The minimum atomic E-state index is 0.617. The Labute approximate surface area is 131 Å². The summed E-state index contributed by atoms with van der Waals surface area (Å²) in [5.74, 6) is 0.617. The van der Waals surface area contributed by atoms with Crippen LogP contribution in [0.2, 0.25) is 0 Å². The van der Waals surface area contributed by atoms with E-state index in [0.717, 1.165) is 32.1 Å². The molecule has 1 N–H and O–H groups in total. The molecular formula is C20H34O. The van der Waals surface area contributed by atoms with Crippen LogP contribution in [0.5, 0.6) is 5.75 Å². The molecule has 1 heteroatoms. The summed E-state index contributed by atoms with van der Waals surface area (Å²) < 4.78 is 0. The van der Waals surface area contributed by atoms with Crippen molar-refractivity contribution in [1.82, 2.24) is 0 Å². The second-order valence-electron chi connectivity index (χ2n) is 6.01. The highest BCUT2D eigenvalue weighted by Gasteiger charge is 2.20. The zero-order chi connectivity index (χ0) is 15.8. The van der Waals surface area contributed by atoms with Gasteiger partial charge in [-0.2, -0.15) is 0 Å². The summed E-state index contributed by atoms with van der Waals surface area (Å²) in [4.78, 5) is 0. The average molecular weight is 290 g/mol. The Kier molecular flexibility index (Phi) is 7.85. The van der Waals surface area contributed by atoms with Crippen molar-refractivity contribution in [1.29, 1.82) is 0 Å². The molecule has 0 fully saturated rings. The Bertz CT molecular complexity index is 446. The monoisotopic (exact) mass is 290 g/mol. The summed E-state index contributed by atoms with van der Waals surface area (Å²) >= 11 is 0. The molecular weight excluding hydrogens is 256 g/mol. The quantitative estimate of drug-likeness (QED) is 0.612. The Morgan fingerprint density at radius 1 is 0.571 bits per heavy atom. The van der Waals surface area contributed by atoms with E-state index < -0.39 is 0 Å². The second-order valence-corrected chi connectivity index (χ2v) is 6.01. The van der Waals surface area contributed by atoms with Crippen LogP contribution < -0.4 is 0 Å². The molecule has 0 aliphatic rings. The number of rotatable bonds is 9. The van der Waals surface area contributed by atoms with Gasteiger partial charge in [-0.25, -0.2) is 0 Å². The summed E-state index contributed by atoms with van der Waals surface area (Å²) in [5, 5.41) is 10.8. The van der Waals surface area contributed by atoms with Crippen LogP contribution in [0.1, 0.15) is 88.1 Å². The first-order valence-corrected chi connectivity index (χ1v) is 9.03. The SMILES string of the molecule is CCCCc1c(O)c(CC)c(CC)c(CC)c1CCCC. The lowest BCUT2D eigenvalue weighted by Crippen LogP contribution is -2.09. The van der Waals surface area contributed by atoms with Crippen LogP contribution in [-0.2, 0) is 32.1 Å². The first kappa shape index (κ1) is 18.1. The summed E-state index contributed by atoms with van der Waals surface area (Å²) in [7, 11) is 0. The predicted molar refractivity (Wildman–Crippen MR) is 93.5 cm³/mol. The van der Waals surface area contributed by atoms with Crippen molar-refractivity contribution in [2.24, 2.45) is 0 Å². The van der Waals surface area contributed by atoms with Gasteiger partial charge in [-0.3, -0.25) is 0 Å². The van der Waals surface area contributed by atoms with Crippen molar-refractivity contribution in [3.63, 3.8) is 0 Å². The molecule has 0 spiro atoms. The first-order chi connectivity index (χ1) is 10.2. The van der Waals surface area contributed by atoms with Gasteiger partial charge in [0, 0.05) is 0 Å². The third kappa shape index (κ3) is 4.02. The number of phenolic OH excluding ortho intramolecular Hbond substituents is 1. The van der Waals surface area contributed by atoms with E-state index in [2.05, 4.69) is 34.6 Å². The fourth-order valence-electron chi connectivity index (χ4n) is 3.53. The summed E-state index contributed by atoms with van der Waals surface area (Å²) in [5.41, 5.74) is 6.90. The molecule has 0 unspecified atom stereocenters. The van der Waals surface area contributed by atoms with Gasteiger partial charge in [0.25, 0.3) is 0 Å². The number of aromatic hydroxyl groups is 1. The molecule has 0 bridgehead atoms. The molecule has 120 valence electrons. The van der Waals surface area contributed by atoms with Crippen molar-refractivity contribution in [3.05, 3.63) is 27.8 Å². The number of phenols is 1. The van der Waals surface area contributed by atoms with Gasteiger partial charge in [0.1, 0.15) is 5.75 Å². The third-order valence-corrected chi connectivity index (χ3v) is 4.65. The van der Waals surface area contributed by atoms with Crippen LogP contribution in [0.4, 0.5) is 0 Å². The lowest BCUT2D eigenvalue weighted by atomic mass is 9.83. The third-order valence-electron chi connectivity index (χ3n) is 4.65. The predicted octanol–water partition coefficient (Wildman–Crippen LogP) is 5.76.